The molecule has 0 atom stereocenters. The zero-order valence-corrected chi connectivity index (χ0v) is 11.6. The topological polar surface area (TPSA) is 24.5 Å². The maximum Gasteiger partial charge on any atom is 0.0594 e. The molecule has 0 aliphatic carbocycles. The van der Waals surface area contributed by atoms with Crippen LogP contribution in [0.15, 0.2) is 11.4 Å². The second kappa shape index (κ2) is 6.50. The first-order valence-corrected chi connectivity index (χ1v) is 7.22. The molecule has 1 saturated heterocycles. The van der Waals surface area contributed by atoms with Gasteiger partial charge in [-0.1, -0.05) is 13.8 Å². The summed E-state index contributed by atoms with van der Waals surface area (Å²) in [4.78, 5) is 3.95. The Bertz CT molecular complexity index is 332. The number of rotatable bonds is 5. The van der Waals surface area contributed by atoms with Crippen LogP contribution in [0.25, 0.3) is 0 Å². The maximum absolute atomic E-state index is 5.38. The Morgan fingerprint density at radius 1 is 1.41 bits per heavy atom. The molecule has 0 saturated carbocycles. The summed E-state index contributed by atoms with van der Waals surface area (Å²) in [6.45, 7) is 10.3. The number of thiophene rings is 1. The molecule has 0 aromatic carbocycles. The molecular weight excluding hydrogens is 232 g/mol. The Hall–Kier alpha value is -0.420. The van der Waals surface area contributed by atoms with Crippen molar-refractivity contribution in [3.05, 3.63) is 21.9 Å². The van der Waals surface area contributed by atoms with Crippen molar-refractivity contribution in [2.45, 2.75) is 33.0 Å². The molecule has 0 spiro atoms. The Morgan fingerprint density at radius 2 is 2.18 bits per heavy atom. The Morgan fingerprint density at radius 3 is 2.88 bits per heavy atom. The SMILES string of the molecule is CC(C)NCc1sccc1CN1CCOCC1. The van der Waals surface area contributed by atoms with Crippen molar-refractivity contribution in [2.24, 2.45) is 0 Å². The molecule has 1 aliphatic rings. The molecule has 1 aromatic rings. The second-order valence-corrected chi connectivity index (χ2v) is 5.79. The van der Waals surface area contributed by atoms with Crippen LogP contribution in [0.4, 0.5) is 0 Å². The van der Waals surface area contributed by atoms with Gasteiger partial charge in [0.15, 0.2) is 0 Å². The molecule has 17 heavy (non-hydrogen) atoms. The lowest BCUT2D eigenvalue weighted by atomic mass is 10.2. The van der Waals surface area contributed by atoms with E-state index in [0.29, 0.717) is 6.04 Å². The van der Waals surface area contributed by atoms with Crippen LogP contribution in [0, 0.1) is 0 Å². The molecule has 2 rings (SSSR count). The standard InChI is InChI=1S/C13H22N2OS/c1-11(2)14-9-13-12(3-8-17-13)10-15-4-6-16-7-5-15/h3,8,11,14H,4-7,9-10H2,1-2H3. The van der Waals surface area contributed by atoms with Crippen LogP contribution in [-0.2, 0) is 17.8 Å². The monoisotopic (exact) mass is 254 g/mol. The van der Waals surface area contributed by atoms with Crippen LogP contribution < -0.4 is 5.32 Å². The van der Waals surface area contributed by atoms with Crippen molar-refractivity contribution in [2.75, 3.05) is 26.3 Å². The number of nitrogens with one attached hydrogen (secondary N) is 1. The van der Waals surface area contributed by atoms with E-state index in [1.807, 2.05) is 11.3 Å². The largest absolute Gasteiger partial charge is 0.379 e. The minimum atomic E-state index is 0.549. The van der Waals surface area contributed by atoms with E-state index in [-0.39, 0.29) is 0 Å². The van der Waals surface area contributed by atoms with Crippen LogP contribution in [0.5, 0.6) is 0 Å². The molecule has 3 nitrogen and oxygen atoms in total. The van der Waals surface area contributed by atoms with Gasteiger partial charge in [-0.15, -0.1) is 11.3 Å². The zero-order valence-electron chi connectivity index (χ0n) is 10.7. The molecule has 1 aromatic heterocycles. The smallest absolute Gasteiger partial charge is 0.0594 e. The van der Waals surface area contributed by atoms with Gasteiger partial charge in [0, 0.05) is 37.1 Å². The summed E-state index contributed by atoms with van der Waals surface area (Å²) in [5.41, 5.74) is 1.48. The highest BCUT2D eigenvalue weighted by molar-refractivity contribution is 7.10. The van der Waals surface area contributed by atoms with Crippen LogP contribution in [0.3, 0.4) is 0 Å². The van der Waals surface area contributed by atoms with E-state index in [9.17, 15) is 0 Å². The molecule has 1 fully saturated rings. The van der Waals surface area contributed by atoms with Gasteiger partial charge in [-0.05, 0) is 17.0 Å². The fourth-order valence-electron chi connectivity index (χ4n) is 1.96. The van der Waals surface area contributed by atoms with E-state index < -0.39 is 0 Å². The van der Waals surface area contributed by atoms with E-state index in [2.05, 4.69) is 35.5 Å². The van der Waals surface area contributed by atoms with Gasteiger partial charge in [0.05, 0.1) is 13.2 Å². The van der Waals surface area contributed by atoms with Crippen LogP contribution in [-0.4, -0.2) is 37.2 Å². The number of ether oxygens (including phenoxy) is 1. The number of nitrogens with zero attached hydrogens (tertiary/aromatic N) is 1. The molecule has 0 unspecified atom stereocenters. The average molecular weight is 254 g/mol. The summed E-state index contributed by atoms with van der Waals surface area (Å²) >= 11 is 1.86. The van der Waals surface area contributed by atoms with Crippen molar-refractivity contribution < 1.29 is 4.74 Å². The van der Waals surface area contributed by atoms with Crippen LogP contribution in [0.2, 0.25) is 0 Å². The van der Waals surface area contributed by atoms with Gasteiger partial charge in [-0.25, -0.2) is 0 Å². The zero-order chi connectivity index (χ0) is 12.1. The molecule has 1 N–H and O–H groups in total. The lowest BCUT2D eigenvalue weighted by Gasteiger charge is -2.26. The Kier molecular flexibility index (Phi) is 4.98. The lowest BCUT2D eigenvalue weighted by molar-refractivity contribution is 0.0341. The first-order valence-electron chi connectivity index (χ1n) is 6.34. The van der Waals surface area contributed by atoms with Gasteiger partial charge in [-0.2, -0.15) is 0 Å². The third-order valence-corrected chi connectivity index (χ3v) is 3.97. The van der Waals surface area contributed by atoms with Crippen molar-refractivity contribution in [1.29, 1.82) is 0 Å². The van der Waals surface area contributed by atoms with E-state index in [4.69, 9.17) is 4.74 Å². The molecule has 96 valence electrons. The number of hydrogen-bond donors (Lipinski definition) is 1. The first-order chi connectivity index (χ1) is 8.25. The van der Waals surface area contributed by atoms with Crippen molar-refractivity contribution >= 4 is 11.3 Å². The summed E-state index contributed by atoms with van der Waals surface area (Å²) in [6, 6.07) is 2.81. The Balaban J connectivity index is 1.88. The summed E-state index contributed by atoms with van der Waals surface area (Å²) in [5, 5.41) is 5.69. The third-order valence-electron chi connectivity index (χ3n) is 3.01. The molecule has 0 radical (unpaired) electrons. The maximum atomic E-state index is 5.38. The van der Waals surface area contributed by atoms with Gasteiger partial charge in [0.1, 0.15) is 0 Å². The molecular formula is C13H22N2OS. The summed E-state index contributed by atoms with van der Waals surface area (Å²) in [5.74, 6) is 0. The Labute approximate surface area is 108 Å². The normalized spacial score (nSPS) is 17.8. The highest BCUT2D eigenvalue weighted by Crippen LogP contribution is 2.19. The highest BCUT2D eigenvalue weighted by Gasteiger charge is 2.13. The van der Waals surface area contributed by atoms with Gasteiger partial charge in [0.25, 0.3) is 0 Å². The van der Waals surface area contributed by atoms with E-state index in [1.165, 1.54) is 10.4 Å². The van der Waals surface area contributed by atoms with E-state index in [1.54, 1.807) is 0 Å². The van der Waals surface area contributed by atoms with Crippen molar-refractivity contribution in [1.82, 2.24) is 10.2 Å². The predicted molar refractivity (Wildman–Crippen MR) is 72.4 cm³/mol. The summed E-state index contributed by atoms with van der Waals surface area (Å²) in [6.07, 6.45) is 0. The average Bonchev–Trinajstić information content (AvgIpc) is 2.75. The van der Waals surface area contributed by atoms with E-state index in [0.717, 1.165) is 39.4 Å². The highest BCUT2D eigenvalue weighted by atomic mass is 32.1. The molecule has 2 heterocycles. The first kappa shape index (κ1) is 13.0. The molecule has 4 heteroatoms. The van der Waals surface area contributed by atoms with Gasteiger partial charge in [0.2, 0.25) is 0 Å². The predicted octanol–water partition coefficient (Wildman–Crippen LogP) is 2.08. The third kappa shape index (κ3) is 4.07. The summed E-state index contributed by atoms with van der Waals surface area (Å²) in [7, 11) is 0. The van der Waals surface area contributed by atoms with E-state index >= 15 is 0 Å². The fourth-order valence-corrected chi connectivity index (χ4v) is 2.81. The fraction of sp³-hybridized carbons (Fsp3) is 0.692. The van der Waals surface area contributed by atoms with Crippen molar-refractivity contribution in [3.8, 4) is 0 Å². The van der Waals surface area contributed by atoms with Gasteiger partial charge in [-0.3, -0.25) is 4.90 Å². The lowest BCUT2D eigenvalue weighted by Crippen LogP contribution is -2.35. The van der Waals surface area contributed by atoms with Gasteiger partial charge < -0.3 is 10.1 Å². The number of hydrogen-bond acceptors (Lipinski definition) is 4. The minimum absolute atomic E-state index is 0.549. The summed E-state index contributed by atoms with van der Waals surface area (Å²) < 4.78 is 5.38. The number of morpholine rings is 1. The molecule has 0 amide bonds. The van der Waals surface area contributed by atoms with Gasteiger partial charge >= 0.3 is 0 Å². The molecule has 1 aliphatic heterocycles. The van der Waals surface area contributed by atoms with Crippen LogP contribution >= 0.6 is 11.3 Å². The van der Waals surface area contributed by atoms with Crippen molar-refractivity contribution in [3.63, 3.8) is 0 Å². The molecule has 0 bridgehead atoms. The second-order valence-electron chi connectivity index (χ2n) is 4.79. The quantitative estimate of drug-likeness (QED) is 0.870. The van der Waals surface area contributed by atoms with Crippen LogP contribution in [0.1, 0.15) is 24.3 Å². The minimum Gasteiger partial charge on any atom is -0.379 e.